The first-order valence-corrected chi connectivity index (χ1v) is 7.13. The molecule has 1 aromatic rings. The minimum absolute atomic E-state index is 0.181. The van der Waals surface area contributed by atoms with E-state index in [1.807, 2.05) is 6.07 Å². The molecule has 2 rings (SSSR count). The molecule has 0 spiro atoms. The van der Waals surface area contributed by atoms with Crippen molar-refractivity contribution in [1.82, 2.24) is 0 Å². The Morgan fingerprint density at radius 2 is 2.06 bits per heavy atom. The molecule has 1 aliphatic carbocycles. The van der Waals surface area contributed by atoms with Crippen molar-refractivity contribution in [1.29, 1.82) is 0 Å². The monoisotopic (exact) mass is 250 g/mol. The molecule has 1 saturated carbocycles. The van der Waals surface area contributed by atoms with Gasteiger partial charge in [-0.3, -0.25) is 0 Å². The Labute approximate surface area is 109 Å². The Balaban J connectivity index is 1.81. The van der Waals surface area contributed by atoms with Crippen LogP contribution in [0, 0.1) is 17.7 Å². The van der Waals surface area contributed by atoms with Gasteiger partial charge in [-0.1, -0.05) is 44.2 Å². The number of hydrogen-bond acceptors (Lipinski definition) is 1. The van der Waals surface area contributed by atoms with Crippen LogP contribution in [0.15, 0.2) is 24.3 Å². The van der Waals surface area contributed by atoms with Crippen molar-refractivity contribution in [3.05, 3.63) is 35.6 Å². The van der Waals surface area contributed by atoms with Crippen LogP contribution in [-0.2, 0) is 6.42 Å². The summed E-state index contributed by atoms with van der Waals surface area (Å²) in [5, 5.41) is 9.44. The van der Waals surface area contributed by atoms with E-state index in [9.17, 15) is 9.50 Å². The fourth-order valence-corrected chi connectivity index (χ4v) is 3.03. The van der Waals surface area contributed by atoms with Crippen LogP contribution in [0.25, 0.3) is 0 Å². The van der Waals surface area contributed by atoms with Crippen LogP contribution >= 0.6 is 0 Å². The van der Waals surface area contributed by atoms with Crippen LogP contribution in [0.4, 0.5) is 4.39 Å². The number of aliphatic hydroxyl groups excluding tert-OH is 1. The molecule has 18 heavy (non-hydrogen) atoms. The molecular formula is C16H23FO. The molecule has 1 N–H and O–H groups in total. The molecule has 0 aliphatic heterocycles. The van der Waals surface area contributed by atoms with Crippen molar-refractivity contribution >= 4 is 0 Å². The molecule has 1 unspecified atom stereocenters. The summed E-state index contributed by atoms with van der Waals surface area (Å²) in [6, 6.07) is 6.74. The SMILES string of the molecule is OCC(CCC1CCCC1)Cc1cccc(F)c1. The van der Waals surface area contributed by atoms with E-state index < -0.39 is 0 Å². The molecule has 1 atom stereocenters. The van der Waals surface area contributed by atoms with E-state index in [1.165, 1.54) is 38.2 Å². The highest BCUT2D eigenvalue weighted by Crippen LogP contribution is 2.30. The van der Waals surface area contributed by atoms with Crippen molar-refractivity contribution < 1.29 is 9.50 Å². The highest BCUT2D eigenvalue weighted by Gasteiger charge is 2.17. The summed E-state index contributed by atoms with van der Waals surface area (Å²) in [5.74, 6) is 0.971. The first-order valence-electron chi connectivity index (χ1n) is 7.13. The van der Waals surface area contributed by atoms with Crippen LogP contribution in [0.1, 0.15) is 44.1 Å². The van der Waals surface area contributed by atoms with Crippen LogP contribution in [0.2, 0.25) is 0 Å². The van der Waals surface area contributed by atoms with E-state index in [-0.39, 0.29) is 18.3 Å². The van der Waals surface area contributed by atoms with Gasteiger partial charge in [-0.15, -0.1) is 0 Å². The summed E-state index contributed by atoms with van der Waals surface area (Å²) in [7, 11) is 0. The van der Waals surface area contributed by atoms with Gasteiger partial charge in [-0.05, 0) is 42.4 Å². The molecule has 0 heterocycles. The Kier molecular flexibility index (Phi) is 5.18. The summed E-state index contributed by atoms with van der Waals surface area (Å²) in [6.07, 6.45) is 8.55. The van der Waals surface area contributed by atoms with Crippen LogP contribution in [0.5, 0.6) is 0 Å². The summed E-state index contributed by atoms with van der Waals surface area (Å²) in [6.45, 7) is 0.212. The molecular weight excluding hydrogens is 227 g/mol. The second-order valence-corrected chi connectivity index (χ2v) is 5.61. The van der Waals surface area contributed by atoms with Crippen molar-refractivity contribution in [2.75, 3.05) is 6.61 Å². The van der Waals surface area contributed by atoms with Gasteiger partial charge in [0, 0.05) is 6.61 Å². The van der Waals surface area contributed by atoms with E-state index in [4.69, 9.17) is 0 Å². The molecule has 0 amide bonds. The molecule has 0 saturated heterocycles. The highest BCUT2D eigenvalue weighted by atomic mass is 19.1. The van der Waals surface area contributed by atoms with E-state index in [2.05, 4.69) is 0 Å². The maximum absolute atomic E-state index is 13.1. The lowest BCUT2D eigenvalue weighted by Gasteiger charge is -2.16. The Morgan fingerprint density at radius 3 is 2.72 bits per heavy atom. The Bertz CT molecular complexity index is 358. The fourth-order valence-electron chi connectivity index (χ4n) is 3.03. The average Bonchev–Trinajstić information content (AvgIpc) is 2.87. The van der Waals surface area contributed by atoms with E-state index in [1.54, 1.807) is 12.1 Å². The minimum atomic E-state index is -0.181. The molecule has 0 radical (unpaired) electrons. The van der Waals surface area contributed by atoms with Gasteiger partial charge in [0.15, 0.2) is 0 Å². The Hall–Kier alpha value is -0.890. The fraction of sp³-hybridized carbons (Fsp3) is 0.625. The maximum Gasteiger partial charge on any atom is 0.123 e. The van der Waals surface area contributed by atoms with Crippen molar-refractivity contribution in [3.8, 4) is 0 Å². The lowest BCUT2D eigenvalue weighted by Crippen LogP contribution is -2.11. The normalized spacial score (nSPS) is 18.1. The summed E-state index contributed by atoms with van der Waals surface area (Å²) in [4.78, 5) is 0. The van der Waals surface area contributed by atoms with Gasteiger partial charge >= 0.3 is 0 Å². The zero-order valence-electron chi connectivity index (χ0n) is 10.9. The molecule has 1 fully saturated rings. The van der Waals surface area contributed by atoms with E-state index in [0.717, 1.165) is 24.3 Å². The molecule has 1 nitrogen and oxygen atoms in total. The zero-order valence-corrected chi connectivity index (χ0v) is 10.9. The van der Waals surface area contributed by atoms with E-state index >= 15 is 0 Å². The van der Waals surface area contributed by atoms with Gasteiger partial charge in [0.1, 0.15) is 5.82 Å². The van der Waals surface area contributed by atoms with Gasteiger partial charge in [-0.2, -0.15) is 0 Å². The topological polar surface area (TPSA) is 20.2 Å². The first-order chi connectivity index (χ1) is 8.78. The van der Waals surface area contributed by atoms with Crippen LogP contribution in [-0.4, -0.2) is 11.7 Å². The third kappa shape index (κ3) is 4.09. The molecule has 1 aromatic carbocycles. The summed E-state index contributed by atoms with van der Waals surface area (Å²) >= 11 is 0. The van der Waals surface area contributed by atoms with Gasteiger partial charge in [-0.25, -0.2) is 4.39 Å². The number of benzene rings is 1. The maximum atomic E-state index is 13.1. The largest absolute Gasteiger partial charge is 0.396 e. The van der Waals surface area contributed by atoms with Crippen molar-refractivity contribution in [3.63, 3.8) is 0 Å². The molecule has 1 aliphatic rings. The average molecular weight is 250 g/mol. The predicted molar refractivity (Wildman–Crippen MR) is 71.9 cm³/mol. The van der Waals surface area contributed by atoms with Crippen LogP contribution in [0.3, 0.4) is 0 Å². The summed E-state index contributed by atoms with van der Waals surface area (Å²) < 4.78 is 13.1. The number of aliphatic hydroxyl groups is 1. The number of halogens is 1. The third-order valence-electron chi connectivity index (χ3n) is 4.13. The number of rotatable bonds is 6. The highest BCUT2D eigenvalue weighted by molar-refractivity contribution is 5.16. The second-order valence-electron chi connectivity index (χ2n) is 5.61. The predicted octanol–water partition coefficient (Wildman–Crippen LogP) is 3.95. The molecule has 2 heteroatoms. The number of hydrogen-bond donors (Lipinski definition) is 1. The molecule has 100 valence electrons. The van der Waals surface area contributed by atoms with Crippen molar-refractivity contribution in [2.45, 2.75) is 44.9 Å². The molecule has 0 aromatic heterocycles. The van der Waals surface area contributed by atoms with Gasteiger partial charge < -0.3 is 5.11 Å². The van der Waals surface area contributed by atoms with Crippen LogP contribution < -0.4 is 0 Å². The van der Waals surface area contributed by atoms with Gasteiger partial charge in [0.2, 0.25) is 0 Å². The van der Waals surface area contributed by atoms with Crippen molar-refractivity contribution in [2.24, 2.45) is 11.8 Å². The minimum Gasteiger partial charge on any atom is -0.396 e. The summed E-state index contributed by atoms with van der Waals surface area (Å²) in [5.41, 5.74) is 1.00. The standard InChI is InChI=1S/C16H23FO/c17-16-7-3-6-14(11-16)10-15(12-18)9-8-13-4-1-2-5-13/h3,6-7,11,13,15,18H,1-2,4-5,8-10,12H2. The van der Waals surface area contributed by atoms with Gasteiger partial charge in [0.05, 0.1) is 0 Å². The lowest BCUT2D eigenvalue weighted by atomic mass is 9.91. The lowest BCUT2D eigenvalue weighted by molar-refractivity contribution is 0.209. The smallest absolute Gasteiger partial charge is 0.123 e. The molecule has 0 bridgehead atoms. The van der Waals surface area contributed by atoms with E-state index in [0.29, 0.717) is 0 Å². The Morgan fingerprint density at radius 1 is 1.28 bits per heavy atom. The second kappa shape index (κ2) is 6.89. The van der Waals surface area contributed by atoms with Gasteiger partial charge in [0.25, 0.3) is 0 Å². The quantitative estimate of drug-likeness (QED) is 0.810. The zero-order chi connectivity index (χ0) is 12.8. The first kappa shape index (κ1) is 13.5. The third-order valence-corrected chi connectivity index (χ3v) is 4.13.